The fourth-order valence-corrected chi connectivity index (χ4v) is 1.18. The van der Waals surface area contributed by atoms with E-state index in [9.17, 15) is 14.9 Å². The third-order valence-electron chi connectivity index (χ3n) is 2.13. The lowest BCUT2D eigenvalue weighted by atomic mass is 10.2. The molecule has 1 rings (SSSR count). The molecule has 0 amide bonds. The van der Waals surface area contributed by atoms with Gasteiger partial charge in [0.15, 0.2) is 0 Å². The molecule has 0 spiro atoms. The fraction of sp³-hybridized carbons (Fsp3) is 0.375. The highest BCUT2D eigenvalue weighted by molar-refractivity contribution is 5.36. The summed E-state index contributed by atoms with van der Waals surface area (Å²) in [7, 11) is 1.69. The van der Waals surface area contributed by atoms with Gasteiger partial charge in [0.05, 0.1) is 10.6 Å². The second kappa shape index (κ2) is 3.01. The van der Waals surface area contributed by atoms with E-state index in [0.29, 0.717) is 11.4 Å². The standard InChI is InChI=1S/C8H10N2O3/c1-5-4-7(11)8(10(12)13)6(2)9(5)3/h4H,1-3H3. The number of rotatable bonds is 1. The van der Waals surface area contributed by atoms with Crippen LogP contribution in [0.1, 0.15) is 11.4 Å². The normalized spacial score (nSPS) is 10.1. The van der Waals surface area contributed by atoms with Gasteiger partial charge in [-0.05, 0) is 13.8 Å². The summed E-state index contributed by atoms with van der Waals surface area (Å²) in [6, 6.07) is 1.27. The molecule has 0 aromatic carbocycles. The Kier molecular flexibility index (Phi) is 2.18. The van der Waals surface area contributed by atoms with E-state index < -0.39 is 10.4 Å². The molecule has 0 saturated heterocycles. The van der Waals surface area contributed by atoms with Gasteiger partial charge in [0, 0.05) is 18.8 Å². The maximum Gasteiger partial charge on any atom is 0.335 e. The van der Waals surface area contributed by atoms with Gasteiger partial charge in [-0.1, -0.05) is 0 Å². The number of nitro groups is 1. The zero-order valence-corrected chi connectivity index (χ0v) is 7.70. The SMILES string of the molecule is Cc1cc(=O)c([N+](=O)[O-])c(C)n1C. The monoisotopic (exact) mass is 182 g/mol. The quantitative estimate of drug-likeness (QED) is 0.479. The molecule has 0 unspecified atom stereocenters. The van der Waals surface area contributed by atoms with Crippen LogP contribution in [0.15, 0.2) is 10.9 Å². The first-order chi connectivity index (χ1) is 5.95. The first-order valence-corrected chi connectivity index (χ1v) is 3.76. The zero-order chi connectivity index (χ0) is 10.2. The van der Waals surface area contributed by atoms with E-state index in [1.165, 1.54) is 6.07 Å². The molecule has 13 heavy (non-hydrogen) atoms. The van der Waals surface area contributed by atoms with Crippen LogP contribution in [0, 0.1) is 24.0 Å². The highest BCUT2D eigenvalue weighted by atomic mass is 16.6. The summed E-state index contributed by atoms with van der Waals surface area (Å²) >= 11 is 0. The van der Waals surface area contributed by atoms with Crippen molar-refractivity contribution in [3.8, 4) is 0 Å². The van der Waals surface area contributed by atoms with Crippen molar-refractivity contribution in [1.29, 1.82) is 0 Å². The van der Waals surface area contributed by atoms with E-state index in [-0.39, 0.29) is 5.69 Å². The average Bonchev–Trinajstić information content (AvgIpc) is 1.99. The Hall–Kier alpha value is -1.65. The Morgan fingerprint density at radius 3 is 2.46 bits per heavy atom. The second-order valence-corrected chi connectivity index (χ2v) is 2.90. The molecule has 1 aromatic heterocycles. The van der Waals surface area contributed by atoms with Crippen LogP contribution in [0.25, 0.3) is 0 Å². The number of aryl methyl sites for hydroxylation is 1. The summed E-state index contributed by atoms with van der Waals surface area (Å²) in [5, 5.41) is 10.5. The van der Waals surface area contributed by atoms with Gasteiger partial charge in [0.25, 0.3) is 5.43 Å². The lowest BCUT2D eigenvalue weighted by Gasteiger charge is -2.07. The number of hydrogen-bond acceptors (Lipinski definition) is 3. The topological polar surface area (TPSA) is 65.1 Å². The molecule has 5 heteroatoms. The summed E-state index contributed by atoms with van der Waals surface area (Å²) in [5.41, 5.74) is 0.231. The van der Waals surface area contributed by atoms with Crippen molar-refractivity contribution < 1.29 is 4.92 Å². The van der Waals surface area contributed by atoms with Gasteiger partial charge in [-0.15, -0.1) is 0 Å². The van der Waals surface area contributed by atoms with Crippen LogP contribution in [-0.2, 0) is 7.05 Å². The van der Waals surface area contributed by atoms with Crippen molar-refractivity contribution in [3.63, 3.8) is 0 Å². The smallest absolute Gasteiger partial charge is 0.335 e. The van der Waals surface area contributed by atoms with E-state index in [0.717, 1.165) is 0 Å². The average molecular weight is 182 g/mol. The van der Waals surface area contributed by atoms with Gasteiger partial charge >= 0.3 is 5.69 Å². The highest BCUT2D eigenvalue weighted by Crippen LogP contribution is 2.12. The van der Waals surface area contributed by atoms with Crippen LogP contribution in [0.3, 0.4) is 0 Å². The lowest BCUT2D eigenvalue weighted by molar-refractivity contribution is -0.387. The van der Waals surface area contributed by atoms with Crippen molar-refractivity contribution in [3.05, 3.63) is 37.8 Å². The molecule has 0 radical (unpaired) electrons. The summed E-state index contributed by atoms with van der Waals surface area (Å²) in [6.07, 6.45) is 0. The Morgan fingerprint density at radius 2 is 2.00 bits per heavy atom. The Bertz CT molecular complexity index is 420. The van der Waals surface area contributed by atoms with Gasteiger partial charge in [0.2, 0.25) is 0 Å². The summed E-state index contributed by atoms with van der Waals surface area (Å²) in [6.45, 7) is 3.30. The third-order valence-corrected chi connectivity index (χ3v) is 2.13. The van der Waals surface area contributed by atoms with Crippen molar-refractivity contribution in [2.75, 3.05) is 0 Å². The van der Waals surface area contributed by atoms with Gasteiger partial charge in [-0.25, -0.2) is 0 Å². The third kappa shape index (κ3) is 1.44. The minimum Gasteiger partial charge on any atom is -0.346 e. The number of nitrogens with zero attached hydrogens (tertiary/aromatic N) is 2. The van der Waals surface area contributed by atoms with E-state index in [1.54, 1.807) is 25.5 Å². The van der Waals surface area contributed by atoms with Crippen LogP contribution in [0.5, 0.6) is 0 Å². The van der Waals surface area contributed by atoms with Gasteiger partial charge < -0.3 is 4.57 Å². The van der Waals surface area contributed by atoms with Crippen LogP contribution in [0.2, 0.25) is 0 Å². The minimum absolute atomic E-state index is 0.340. The Labute approximate surface area is 74.8 Å². The molecular formula is C8H10N2O3. The summed E-state index contributed by atoms with van der Waals surface area (Å²) in [5.74, 6) is 0. The molecule has 1 heterocycles. The van der Waals surface area contributed by atoms with Crippen molar-refractivity contribution in [2.24, 2.45) is 7.05 Å². The fourth-order valence-electron chi connectivity index (χ4n) is 1.18. The molecule has 0 aliphatic heterocycles. The lowest BCUT2D eigenvalue weighted by Crippen LogP contribution is -2.15. The van der Waals surface area contributed by atoms with Gasteiger partial charge in [-0.2, -0.15) is 0 Å². The predicted octanol–water partition coefficient (Wildman–Crippen LogP) is 0.910. The van der Waals surface area contributed by atoms with Crippen LogP contribution in [-0.4, -0.2) is 9.49 Å². The minimum atomic E-state index is -0.642. The number of pyridine rings is 1. The maximum atomic E-state index is 11.2. The van der Waals surface area contributed by atoms with E-state index in [4.69, 9.17) is 0 Å². The predicted molar refractivity (Wildman–Crippen MR) is 47.8 cm³/mol. The van der Waals surface area contributed by atoms with Crippen molar-refractivity contribution in [1.82, 2.24) is 4.57 Å². The molecule has 0 aliphatic rings. The summed E-state index contributed by atoms with van der Waals surface area (Å²) < 4.78 is 1.62. The number of aromatic nitrogens is 1. The highest BCUT2D eigenvalue weighted by Gasteiger charge is 2.18. The first kappa shape index (κ1) is 9.44. The van der Waals surface area contributed by atoms with E-state index in [1.807, 2.05) is 0 Å². The van der Waals surface area contributed by atoms with Crippen LogP contribution >= 0.6 is 0 Å². The number of hydrogen-bond donors (Lipinski definition) is 0. The Balaban J connectivity index is 3.63. The first-order valence-electron chi connectivity index (χ1n) is 3.76. The molecule has 0 N–H and O–H groups in total. The van der Waals surface area contributed by atoms with Gasteiger partial charge in [0.1, 0.15) is 0 Å². The van der Waals surface area contributed by atoms with E-state index in [2.05, 4.69) is 0 Å². The van der Waals surface area contributed by atoms with Crippen molar-refractivity contribution >= 4 is 5.69 Å². The molecule has 70 valence electrons. The zero-order valence-electron chi connectivity index (χ0n) is 7.70. The molecule has 0 saturated carbocycles. The van der Waals surface area contributed by atoms with Crippen molar-refractivity contribution in [2.45, 2.75) is 13.8 Å². The molecular weight excluding hydrogens is 172 g/mol. The van der Waals surface area contributed by atoms with Crippen LogP contribution in [0.4, 0.5) is 5.69 Å². The van der Waals surface area contributed by atoms with E-state index >= 15 is 0 Å². The molecule has 1 aromatic rings. The largest absolute Gasteiger partial charge is 0.346 e. The molecule has 0 bridgehead atoms. The molecule has 0 atom stereocenters. The van der Waals surface area contributed by atoms with Crippen LogP contribution < -0.4 is 5.43 Å². The van der Waals surface area contributed by atoms with Gasteiger partial charge in [-0.3, -0.25) is 14.9 Å². The second-order valence-electron chi connectivity index (χ2n) is 2.90. The molecule has 0 aliphatic carbocycles. The molecule has 0 fully saturated rings. The summed E-state index contributed by atoms with van der Waals surface area (Å²) in [4.78, 5) is 21.1. The molecule has 5 nitrogen and oxygen atoms in total. The maximum absolute atomic E-state index is 11.2. The Morgan fingerprint density at radius 1 is 1.46 bits per heavy atom.